The van der Waals surface area contributed by atoms with Crippen molar-refractivity contribution < 1.29 is 24.3 Å². The lowest BCUT2D eigenvalue weighted by Gasteiger charge is -2.02. The maximum absolute atomic E-state index is 11.4. The Morgan fingerprint density at radius 2 is 2.00 bits per heavy atom. The lowest BCUT2D eigenvalue weighted by atomic mass is 10.2. The predicted molar refractivity (Wildman–Crippen MR) is 27.9 cm³/mol. The Balaban J connectivity index is 3.83. The topological polar surface area (TPSA) is 86.6 Å². The number of aliphatic carboxylic acids is 2. The van der Waals surface area contributed by atoms with Gasteiger partial charge >= 0.3 is 11.9 Å². The van der Waals surface area contributed by atoms with Gasteiger partial charge in [0.05, 0.1) is 6.42 Å². The van der Waals surface area contributed by atoms with Gasteiger partial charge in [-0.1, -0.05) is 0 Å². The van der Waals surface area contributed by atoms with Crippen molar-refractivity contribution in [1.82, 2.24) is 5.54 Å². The van der Waals surface area contributed by atoms with E-state index < -0.39 is 24.4 Å². The third-order valence-corrected chi connectivity index (χ3v) is 0.809. The van der Waals surface area contributed by atoms with Gasteiger partial charge in [0.25, 0.3) is 0 Å². The minimum Gasteiger partial charge on any atom is -0.481 e. The van der Waals surface area contributed by atoms with Gasteiger partial charge in [-0.15, -0.1) is 10.0 Å². The summed E-state index contributed by atoms with van der Waals surface area (Å²) in [6, 6.07) is -1.66. The molecule has 0 radical (unpaired) electrons. The third kappa shape index (κ3) is 2.98. The lowest BCUT2D eigenvalue weighted by Crippen LogP contribution is -2.33. The number of carboxylic acids is 2. The first-order valence-corrected chi connectivity index (χ1v) is 2.38. The summed E-state index contributed by atoms with van der Waals surface area (Å²) in [4.78, 5) is 19.7. The zero-order valence-electron chi connectivity index (χ0n) is 4.87. The highest BCUT2D eigenvalue weighted by Gasteiger charge is 2.19. The number of hydrogen-bond acceptors (Lipinski definition) is 3. The highest BCUT2D eigenvalue weighted by molar-refractivity contribution is 5.80. The van der Waals surface area contributed by atoms with E-state index in [0.717, 1.165) is 5.54 Å². The Morgan fingerprint density at radius 3 is 2.10 bits per heavy atom. The van der Waals surface area contributed by atoms with Gasteiger partial charge in [-0.05, 0) is 0 Å². The van der Waals surface area contributed by atoms with Crippen molar-refractivity contribution in [3.05, 3.63) is 0 Å². The van der Waals surface area contributed by atoms with Gasteiger partial charge in [-0.25, -0.2) is 0 Å². The van der Waals surface area contributed by atoms with Crippen molar-refractivity contribution in [3.63, 3.8) is 0 Å². The summed E-state index contributed by atoms with van der Waals surface area (Å²) in [7, 11) is 0. The number of hydrogen-bond donors (Lipinski definition) is 3. The second-order valence-corrected chi connectivity index (χ2v) is 1.60. The minimum absolute atomic E-state index is 0.772. The molecule has 0 saturated heterocycles. The zero-order valence-corrected chi connectivity index (χ0v) is 4.87. The largest absolute Gasteiger partial charge is 0.481 e. The molecule has 0 unspecified atom stereocenters. The SMILES string of the molecule is O=C(O)C[C@H](NF)C(=O)O. The molecule has 0 rings (SSSR count). The van der Waals surface area contributed by atoms with Crippen LogP contribution < -0.4 is 5.54 Å². The van der Waals surface area contributed by atoms with Crippen LogP contribution in [0.2, 0.25) is 0 Å². The van der Waals surface area contributed by atoms with Gasteiger partial charge in [-0.3, -0.25) is 9.59 Å². The van der Waals surface area contributed by atoms with Gasteiger partial charge in [0.1, 0.15) is 6.04 Å². The molecule has 5 nitrogen and oxygen atoms in total. The van der Waals surface area contributed by atoms with E-state index in [1.165, 1.54) is 0 Å². The Bertz CT molecular complexity index is 148. The van der Waals surface area contributed by atoms with Crippen LogP contribution in [0, 0.1) is 0 Å². The fourth-order valence-corrected chi connectivity index (χ4v) is 0.347. The van der Waals surface area contributed by atoms with E-state index in [9.17, 15) is 14.1 Å². The average molecular weight is 151 g/mol. The fourth-order valence-electron chi connectivity index (χ4n) is 0.347. The van der Waals surface area contributed by atoms with Crippen LogP contribution in [0.1, 0.15) is 6.42 Å². The highest BCUT2D eigenvalue weighted by atomic mass is 19.2. The summed E-state index contributed by atoms with van der Waals surface area (Å²) < 4.78 is 11.4. The summed E-state index contributed by atoms with van der Waals surface area (Å²) in [5, 5.41) is 16.1. The van der Waals surface area contributed by atoms with Crippen LogP contribution in [0.3, 0.4) is 0 Å². The molecule has 0 aliphatic heterocycles. The normalized spacial score (nSPS) is 12.5. The molecule has 6 heteroatoms. The summed E-state index contributed by atoms with van der Waals surface area (Å²) in [5.41, 5.74) is 0.852. The molecule has 0 aliphatic rings. The van der Waals surface area contributed by atoms with Crippen molar-refractivity contribution >= 4 is 11.9 Å². The molecule has 0 bridgehead atoms. The molecule has 0 aromatic heterocycles. The molecule has 58 valence electrons. The van der Waals surface area contributed by atoms with E-state index in [-0.39, 0.29) is 0 Å². The zero-order chi connectivity index (χ0) is 8.15. The smallest absolute Gasteiger partial charge is 0.323 e. The third-order valence-electron chi connectivity index (χ3n) is 0.809. The molecule has 0 aromatic carbocycles. The van der Waals surface area contributed by atoms with Gasteiger partial charge in [-0.2, -0.15) is 0 Å². The van der Waals surface area contributed by atoms with Crippen molar-refractivity contribution in [1.29, 1.82) is 0 Å². The first-order valence-electron chi connectivity index (χ1n) is 2.38. The first kappa shape index (κ1) is 8.83. The average Bonchev–Trinajstić information content (AvgIpc) is 1.81. The number of halogens is 1. The van der Waals surface area contributed by atoms with E-state index in [2.05, 4.69) is 0 Å². The van der Waals surface area contributed by atoms with Gasteiger partial charge in [0.2, 0.25) is 0 Å². The Morgan fingerprint density at radius 1 is 1.50 bits per heavy atom. The minimum atomic E-state index is -1.66. The molecule has 0 aromatic rings. The number of carbonyl (C=O) groups is 2. The molecular weight excluding hydrogens is 145 g/mol. The second-order valence-electron chi connectivity index (χ2n) is 1.60. The monoisotopic (exact) mass is 151 g/mol. The van der Waals surface area contributed by atoms with E-state index >= 15 is 0 Å². The molecule has 10 heavy (non-hydrogen) atoms. The fraction of sp³-hybridized carbons (Fsp3) is 0.500. The maximum atomic E-state index is 11.4. The summed E-state index contributed by atoms with van der Waals surface area (Å²) in [5.74, 6) is -2.89. The van der Waals surface area contributed by atoms with Crippen LogP contribution in [0.15, 0.2) is 0 Å². The van der Waals surface area contributed by atoms with Crippen LogP contribution in [0.5, 0.6) is 0 Å². The van der Waals surface area contributed by atoms with Gasteiger partial charge < -0.3 is 10.2 Å². The molecule has 0 heterocycles. The van der Waals surface area contributed by atoms with Crippen molar-refractivity contribution in [2.45, 2.75) is 12.5 Å². The summed E-state index contributed by atoms with van der Waals surface area (Å²) in [6.45, 7) is 0. The van der Waals surface area contributed by atoms with Crippen LogP contribution >= 0.6 is 0 Å². The second kappa shape index (κ2) is 3.78. The van der Waals surface area contributed by atoms with Gasteiger partial charge in [0, 0.05) is 0 Å². The number of carboxylic acid groups (broad SMARTS) is 2. The van der Waals surface area contributed by atoms with Crippen molar-refractivity contribution in [2.24, 2.45) is 0 Å². The Kier molecular flexibility index (Phi) is 3.34. The van der Waals surface area contributed by atoms with E-state index in [0.29, 0.717) is 0 Å². The standard InChI is InChI=1S/C4H6FNO4/c5-6-2(4(9)10)1-3(7)8/h2,6H,1H2,(H,7,8)(H,9,10)/t2-/m0/s1. The summed E-state index contributed by atoms with van der Waals surface area (Å²) in [6.07, 6.45) is -0.772. The molecule has 0 aliphatic carbocycles. The van der Waals surface area contributed by atoms with E-state index in [4.69, 9.17) is 10.2 Å². The molecule has 0 fully saturated rings. The maximum Gasteiger partial charge on any atom is 0.323 e. The lowest BCUT2D eigenvalue weighted by molar-refractivity contribution is -0.147. The molecular formula is C4H6FNO4. The van der Waals surface area contributed by atoms with Gasteiger partial charge in [0.15, 0.2) is 0 Å². The number of rotatable bonds is 4. The van der Waals surface area contributed by atoms with Crippen LogP contribution in [0.25, 0.3) is 0 Å². The molecule has 0 amide bonds. The van der Waals surface area contributed by atoms with E-state index in [1.54, 1.807) is 0 Å². The molecule has 3 N–H and O–H groups in total. The van der Waals surface area contributed by atoms with Crippen LogP contribution in [-0.2, 0) is 9.59 Å². The molecule has 0 saturated carbocycles. The molecule has 0 spiro atoms. The van der Waals surface area contributed by atoms with Crippen molar-refractivity contribution in [2.75, 3.05) is 0 Å². The first-order chi connectivity index (χ1) is 4.57. The predicted octanol–water partition coefficient (Wildman–Crippen LogP) is -0.612. The summed E-state index contributed by atoms with van der Waals surface area (Å²) >= 11 is 0. The van der Waals surface area contributed by atoms with Crippen LogP contribution in [-0.4, -0.2) is 28.2 Å². The van der Waals surface area contributed by atoms with Crippen LogP contribution in [0.4, 0.5) is 4.48 Å². The Labute approximate surface area is 55.4 Å². The van der Waals surface area contributed by atoms with E-state index in [1.807, 2.05) is 0 Å². The van der Waals surface area contributed by atoms with Crippen molar-refractivity contribution in [3.8, 4) is 0 Å². The molecule has 1 atom stereocenters. The quantitative estimate of drug-likeness (QED) is 0.466. The number of nitrogens with one attached hydrogen (secondary N) is 1. The highest BCUT2D eigenvalue weighted by Crippen LogP contribution is 1.91. The Hall–Kier alpha value is -1.17.